The van der Waals surface area contributed by atoms with Crippen LogP contribution in [-0.4, -0.2) is 71.1 Å². The van der Waals surface area contributed by atoms with E-state index in [2.05, 4.69) is 0 Å². The van der Waals surface area contributed by atoms with Gasteiger partial charge < -0.3 is 19.7 Å². The van der Waals surface area contributed by atoms with Crippen molar-refractivity contribution < 1.29 is 29.3 Å². The van der Waals surface area contributed by atoms with E-state index in [1.807, 2.05) is 0 Å². The Bertz CT molecular complexity index is 446. The molecule has 2 aliphatic heterocycles. The number of likely N-dealkylation sites (tertiary alicyclic amines) is 1. The van der Waals surface area contributed by atoms with E-state index < -0.39 is 36.2 Å². The molecule has 132 valence electrons. The predicted molar refractivity (Wildman–Crippen MR) is 81.9 cm³/mol. The van der Waals surface area contributed by atoms with Gasteiger partial charge in [-0.15, -0.1) is 0 Å². The third kappa shape index (κ3) is 4.22. The van der Waals surface area contributed by atoms with Crippen molar-refractivity contribution in [3.63, 3.8) is 0 Å². The monoisotopic (exact) mass is 329 g/mol. The average molecular weight is 329 g/mol. The van der Waals surface area contributed by atoms with Gasteiger partial charge in [-0.1, -0.05) is 0 Å². The van der Waals surface area contributed by atoms with Gasteiger partial charge >= 0.3 is 6.09 Å². The van der Waals surface area contributed by atoms with Crippen LogP contribution in [0, 0.1) is 11.8 Å². The van der Waals surface area contributed by atoms with Gasteiger partial charge in [-0.3, -0.25) is 9.69 Å². The Kier molecular flexibility index (Phi) is 5.65. The van der Waals surface area contributed by atoms with Gasteiger partial charge in [0.2, 0.25) is 0 Å². The number of rotatable bonds is 3. The standard InChI is InChI=1S/C16H27NO6/c1-16(2,3)23-15(21)17-7-11-6-10(8-18)4-5-22-14(11)13(17)12(20)9-19/h10-11,13-14,18-19H,4-9H2,1-3H3/t10-,11+,13-,14-/m1/s1. The maximum absolute atomic E-state index is 12.4. The highest BCUT2D eigenvalue weighted by Crippen LogP contribution is 2.36. The molecule has 0 unspecified atom stereocenters. The van der Waals surface area contributed by atoms with Crippen molar-refractivity contribution in [2.45, 2.75) is 51.4 Å². The molecule has 0 spiro atoms. The molecule has 2 heterocycles. The van der Waals surface area contributed by atoms with Gasteiger partial charge in [0.05, 0.1) is 6.10 Å². The van der Waals surface area contributed by atoms with Crippen molar-refractivity contribution in [1.29, 1.82) is 0 Å². The summed E-state index contributed by atoms with van der Waals surface area (Å²) in [7, 11) is 0. The van der Waals surface area contributed by atoms with Crippen LogP contribution in [0.25, 0.3) is 0 Å². The van der Waals surface area contributed by atoms with Gasteiger partial charge in [0.15, 0.2) is 5.78 Å². The lowest BCUT2D eigenvalue weighted by molar-refractivity contribution is -0.130. The molecule has 2 saturated heterocycles. The number of fused-ring (bicyclic) bond motifs is 1. The minimum Gasteiger partial charge on any atom is -0.444 e. The molecule has 0 aliphatic carbocycles. The third-order valence-corrected chi connectivity index (χ3v) is 4.39. The fourth-order valence-corrected chi connectivity index (χ4v) is 3.38. The Balaban J connectivity index is 2.21. The molecule has 2 fully saturated rings. The molecule has 0 bridgehead atoms. The first kappa shape index (κ1) is 18.2. The maximum atomic E-state index is 12.4. The highest BCUT2D eigenvalue weighted by molar-refractivity contribution is 5.89. The second-order valence-corrected chi connectivity index (χ2v) is 7.37. The van der Waals surface area contributed by atoms with E-state index in [0.717, 1.165) is 6.42 Å². The van der Waals surface area contributed by atoms with E-state index in [1.54, 1.807) is 20.8 Å². The average Bonchev–Trinajstić information content (AvgIpc) is 2.70. The molecule has 0 radical (unpaired) electrons. The van der Waals surface area contributed by atoms with Crippen molar-refractivity contribution >= 4 is 11.9 Å². The number of Topliss-reactive ketones (excluding diaryl/α,β-unsaturated/α-hetero) is 1. The number of amides is 1. The Morgan fingerprint density at radius 3 is 2.57 bits per heavy atom. The second-order valence-electron chi connectivity index (χ2n) is 7.37. The fraction of sp³-hybridized carbons (Fsp3) is 0.875. The first-order chi connectivity index (χ1) is 10.8. The number of ether oxygens (including phenoxy) is 2. The Morgan fingerprint density at radius 1 is 1.30 bits per heavy atom. The topological polar surface area (TPSA) is 96.3 Å². The van der Waals surface area contributed by atoms with Gasteiger partial charge in [0.1, 0.15) is 18.2 Å². The maximum Gasteiger partial charge on any atom is 0.411 e. The van der Waals surface area contributed by atoms with Crippen LogP contribution in [0.5, 0.6) is 0 Å². The largest absolute Gasteiger partial charge is 0.444 e. The number of aliphatic hydroxyl groups excluding tert-OH is 2. The zero-order valence-electron chi connectivity index (χ0n) is 14.0. The smallest absolute Gasteiger partial charge is 0.411 e. The Labute approximate surface area is 136 Å². The lowest BCUT2D eigenvalue weighted by Crippen LogP contribution is -2.48. The minimum absolute atomic E-state index is 0.0392. The van der Waals surface area contributed by atoms with E-state index in [-0.39, 0.29) is 18.4 Å². The van der Waals surface area contributed by atoms with E-state index in [9.17, 15) is 19.8 Å². The summed E-state index contributed by atoms with van der Waals surface area (Å²) in [5.41, 5.74) is -0.664. The first-order valence-electron chi connectivity index (χ1n) is 8.12. The zero-order valence-corrected chi connectivity index (χ0v) is 14.0. The van der Waals surface area contributed by atoms with Crippen LogP contribution in [0.15, 0.2) is 0 Å². The summed E-state index contributed by atoms with van der Waals surface area (Å²) in [6.07, 6.45) is 0.409. The summed E-state index contributed by atoms with van der Waals surface area (Å²) in [4.78, 5) is 26.0. The number of aliphatic hydroxyl groups is 2. The molecule has 0 aromatic rings. The van der Waals surface area contributed by atoms with Gasteiger partial charge in [-0.25, -0.2) is 4.79 Å². The van der Waals surface area contributed by atoms with E-state index in [0.29, 0.717) is 19.6 Å². The summed E-state index contributed by atoms with van der Waals surface area (Å²) in [6, 6.07) is -0.822. The first-order valence-corrected chi connectivity index (χ1v) is 8.12. The van der Waals surface area contributed by atoms with Crippen molar-refractivity contribution in [3.8, 4) is 0 Å². The van der Waals surface area contributed by atoms with E-state index >= 15 is 0 Å². The zero-order chi connectivity index (χ0) is 17.2. The number of carbonyl (C=O) groups is 2. The lowest BCUT2D eigenvalue weighted by atomic mass is 9.90. The van der Waals surface area contributed by atoms with Crippen molar-refractivity contribution in [3.05, 3.63) is 0 Å². The molecular weight excluding hydrogens is 302 g/mol. The van der Waals surface area contributed by atoms with E-state index in [1.165, 1.54) is 4.90 Å². The molecule has 4 atom stereocenters. The predicted octanol–water partition coefficient (Wildman–Crippen LogP) is 0.571. The normalized spacial score (nSPS) is 31.4. The lowest BCUT2D eigenvalue weighted by Gasteiger charge is -2.29. The summed E-state index contributed by atoms with van der Waals surface area (Å²) in [5, 5.41) is 18.7. The molecule has 1 amide bonds. The van der Waals surface area contributed by atoms with Crippen LogP contribution < -0.4 is 0 Å². The molecule has 7 heteroatoms. The van der Waals surface area contributed by atoms with Crippen molar-refractivity contribution in [2.75, 3.05) is 26.4 Å². The number of hydrogen-bond donors (Lipinski definition) is 2. The molecule has 23 heavy (non-hydrogen) atoms. The molecule has 2 N–H and O–H groups in total. The van der Waals surface area contributed by atoms with Gasteiger partial charge in [-0.2, -0.15) is 0 Å². The SMILES string of the molecule is CC(C)(C)OC(=O)N1C[C@@H]2C[C@H](CO)CCO[C@H]2[C@H]1C(=O)CO. The summed E-state index contributed by atoms with van der Waals surface area (Å²) >= 11 is 0. The molecule has 2 rings (SSSR count). The van der Waals surface area contributed by atoms with Crippen molar-refractivity contribution in [1.82, 2.24) is 4.90 Å². The number of hydrogen-bond acceptors (Lipinski definition) is 6. The van der Waals surface area contributed by atoms with Crippen LogP contribution in [0.3, 0.4) is 0 Å². The summed E-state index contributed by atoms with van der Waals surface area (Å²) < 4.78 is 11.2. The Morgan fingerprint density at radius 2 is 2.00 bits per heavy atom. The van der Waals surface area contributed by atoms with E-state index in [4.69, 9.17) is 9.47 Å². The molecule has 0 aromatic heterocycles. The third-order valence-electron chi connectivity index (χ3n) is 4.39. The van der Waals surface area contributed by atoms with Crippen LogP contribution in [0.4, 0.5) is 4.79 Å². The Hall–Kier alpha value is -1.18. The fourth-order valence-electron chi connectivity index (χ4n) is 3.38. The van der Waals surface area contributed by atoms with Gasteiger partial charge in [0.25, 0.3) is 0 Å². The van der Waals surface area contributed by atoms with Crippen LogP contribution >= 0.6 is 0 Å². The molecule has 0 aromatic carbocycles. The molecule has 7 nitrogen and oxygen atoms in total. The minimum atomic E-state index is -0.822. The summed E-state index contributed by atoms with van der Waals surface area (Å²) in [6.45, 7) is 5.49. The second kappa shape index (κ2) is 7.15. The quantitative estimate of drug-likeness (QED) is 0.786. The number of nitrogens with zero attached hydrogens (tertiary/aromatic N) is 1. The van der Waals surface area contributed by atoms with Crippen molar-refractivity contribution in [2.24, 2.45) is 11.8 Å². The highest BCUT2D eigenvalue weighted by atomic mass is 16.6. The molecule has 2 aliphatic rings. The number of carbonyl (C=O) groups excluding carboxylic acids is 2. The van der Waals surface area contributed by atoms with Crippen LogP contribution in [0.2, 0.25) is 0 Å². The van der Waals surface area contributed by atoms with Gasteiger partial charge in [0, 0.05) is 25.7 Å². The highest BCUT2D eigenvalue weighted by Gasteiger charge is 2.50. The van der Waals surface area contributed by atoms with Crippen LogP contribution in [-0.2, 0) is 14.3 Å². The molecule has 0 saturated carbocycles. The summed E-state index contributed by atoms with van der Waals surface area (Å²) in [5.74, 6) is -0.373. The molecular formula is C16H27NO6. The number of ketones is 1. The van der Waals surface area contributed by atoms with Gasteiger partial charge in [-0.05, 0) is 39.5 Å². The van der Waals surface area contributed by atoms with Crippen LogP contribution in [0.1, 0.15) is 33.6 Å².